The molecule has 0 aliphatic heterocycles. The number of aromatic nitrogens is 2. The Morgan fingerprint density at radius 2 is 0.960 bits per heavy atom. The third-order valence-electron chi connectivity index (χ3n) is 5.15. The van der Waals surface area contributed by atoms with Gasteiger partial charge in [-0.2, -0.15) is 0 Å². The quantitative estimate of drug-likeness (QED) is 0.149. The Labute approximate surface area is 297 Å². The van der Waals surface area contributed by atoms with Crippen LogP contribution in [0.15, 0.2) is 47.2 Å². The fraction of sp³-hybridized carbons (Fsp3) is 0.353. The second kappa shape index (κ2) is 19.3. The van der Waals surface area contributed by atoms with Gasteiger partial charge in [0.25, 0.3) is 0 Å². The van der Waals surface area contributed by atoms with Crippen LogP contribution in [0.25, 0.3) is 21.1 Å². The SMILES string of the molecule is CC.CC.CC(C)(C)OC(=O)Nc1ccc(-c2nc(C(=O)O)cs2)cc1F.CC(C)(C)OC(=O)Nc1ccc(-c2nc(C(=O)O)cs2)cc1F. The highest BCUT2D eigenvalue weighted by molar-refractivity contribution is 7.13. The van der Waals surface area contributed by atoms with Crippen molar-refractivity contribution in [2.24, 2.45) is 0 Å². The molecule has 4 N–H and O–H groups in total. The summed E-state index contributed by atoms with van der Waals surface area (Å²) >= 11 is 2.19. The molecule has 50 heavy (non-hydrogen) atoms. The van der Waals surface area contributed by atoms with Gasteiger partial charge < -0.3 is 19.7 Å². The minimum absolute atomic E-state index is 0.0296. The number of nitrogens with one attached hydrogen (secondary N) is 2. The molecule has 16 heteroatoms. The second-order valence-corrected chi connectivity index (χ2v) is 13.0. The van der Waals surface area contributed by atoms with Crippen LogP contribution >= 0.6 is 22.7 Å². The average Bonchev–Trinajstić information content (AvgIpc) is 3.71. The highest BCUT2D eigenvalue weighted by Gasteiger charge is 2.20. The summed E-state index contributed by atoms with van der Waals surface area (Å²) in [6.45, 7) is 18.2. The van der Waals surface area contributed by atoms with Crippen molar-refractivity contribution in [2.75, 3.05) is 10.6 Å². The smallest absolute Gasteiger partial charge is 0.412 e. The molecule has 12 nitrogen and oxygen atoms in total. The van der Waals surface area contributed by atoms with Gasteiger partial charge in [-0.1, -0.05) is 27.7 Å². The van der Waals surface area contributed by atoms with Crippen molar-refractivity contribution in [1.82, 2.24) is 9.97 Å². The standard InChI is InChI=1S/2C15H15FN2O4S.2C2H6/c2*1-15(2,3)22-14(21)18-10-5-4-8(6-9(10)16)12-17-11(7-23-12)13(19)20;2*1-2/h2*4-7H,1-3H3,(H,18,21)(H,19,20);2*1-2H3. The van der Waals surface area contributed by atoms with Gasteiger partial charge in [-0.25, -0.2) is 37.9 Å². The number of aromatic carboxylic acids is 2. The zero-order valence-corrected chi connectivity index (χ0v) is 31.1. The number of hydrogen-bond donors (Lipinski definition) is 4. The molecule has 0 atom stereocenters. The number of benzene rings is 2. The molecule has 4 aromatic rings. The number of hydrogen-bond acceptors (Lipinski definition) is 10. The number of ether oxygens (including phenoxy) is 2. The summed E-state index contributed by atoms with van der Waals surface area (Å²) in [7, 11) is 0. The van der Waals surface area contributed by atoms with E-state index in [1.807, 2.05) is 27.7 Å². The topological polar surface area (TPSA) is 177 Å². The molecule has 0 unspecified atom stereocenters. The first-order valence-electron chi connectivity index (χ1n) is 15.3. The lowest BCUT2D eigenvalue weighted by molar-refractivity contribution is 0.0624. The number of halogens is 2. The fourth-order valence-electron chi connectivity index (χ4n) is 3.34. The second-order valence-electron chi connectivity index (χ2n) is 11.3. The lowest BCUT2D eigenvalue weighted by Gasteiger charge is -2.19. The van der Waals surface area contributed by atoms with E-state index in [2.05, 4.69) is 20.6 Å². The molecule has 4 rings (SSSR count). The number of carboxylic acid groups (broad SMARTS) is 2. The van der Waals surface area contributed by atoms with Gasteiger partial charge in [0.1, 0.15) is 32.9 Å². The maximum absolute atomic E-state index is 14.1. The van der Waals surface area contributed by atoms with Crippen LogP contribution in [-0.4, -0.2) is 55.5 Å². The first kappa shape index (κ1) is 43.1. The number of amides is 2. The van der Waals surface area contributed by atoms with Crippen LogP contribution in [0.1, 0.15) is 90.2 Å². The summed E-state index contributed by atoms with van der Waals surface area (Å²) in [5.74, 6) is -3.62. The Hall–Kier alpha value is -4.96. The number of thiazole rings is 2. The number of carbonyl (C=O) groups is 4. The predicted molar refractivity (Wildman–Crippen MR) is 191 cm³/mol. The minimum atomic E-state index is -1.14. The van der Waals surface area contributed by atoms with Crippen LogP contribution in [0.4, 0.5) is 29.7 Å². The van der Waals surface area contributed by atoms with Crippen LogP contribution in [0.3, 0.4) is 0 Å². The van der Waals surface area contributed by atoms with Gasteiger partial charge in [0, 0.05) is 21.9 Å². The highest BCUT2D eigenvalue weighted by atomic mass is 32.1. The molecule has 0 aliphatic carbocycles. The Bertz CT molecular complexity index is 1630. The molecule has 0 bridgehead atoms. The van der Waals surface area contributed by atoms with Crippen molar-refractivity contribution in [3.63, 3.8) is 0 Å². The van der Waals surface area contributed by atoms with Gasteiger partial charge in [-0.05, 0) is 77.9 Å². The molecule has 2 amide bonds. The summed E-state index contributed by atoms with van der Waals surface area (Å²) in [5.41, 5.74) is -0.772. The van der Waals surface area contributed by atoms with E-state index in [1.54, 1.807) is 53.7 Å². The number of carboxylic acids is 2. The molecule has 272 valence electrons. The van der Waals surface area contributed by atoms with Crippen LogP contribution in [0.5, 0.6) is 0 Å². The molecule has 0 aliphatic rings. The first-order chi connectivity index (χ1) is 23.3. The van der Waals surface area contributed by atoms with E-state index in [4.69, 9.17) is 19.7 Å². The van der Waals surface area contributed by atoms with Gasteiger partial charge in [-0.3, -0.25) is 10.6 Å². The number of carbonyl (C=O) groups excluding carboxylic acids is 2. The molecule has 2 aromatic carbocycles. The van der Waals surface area contributed by atoms with Gasteiger partial charge in [0.05, 0.1) is 11.4 Å². The third kappa shape index (κ3) is 14.3. The maximum Gasteiger partial charge on any atom is 0.412 e. The van der Waals surface area contributed by atoms with Crippen molar-refractivity contribution < 1.29 is 47.6 Å². The third-order valence-corrected chi connectivity index (χ3v) is 6.93. The number of nitrogens with zero attached hydrogens (tertiary/aromatic N) is 2. The van der Waals surface area contributed by atoms with Gasteiger partial charge in [-0.15, -0.1) is 22.7 Å². The fourth-order valence-corrected chi connectivity index (χ4v) is 4.92. The lowest BCUT2D eigenvalue weighted by Crippen LogP contribution is -2.27. The molecule has 0 radical (unpaired) electrons. The van der Waals surface area contributed by atoms with E-state index in [9.17, 15) is 28.0 Å². The molecular weight excluding hydrogens is 695 g/mol. The minimum Gasteiger partial charge on any atom is -0.476 e. The normalized spacial score (nSPS) is 10.5. The van der Waals surface area contributed by atoms with Crippen LogP contribution in [0.2, 0.25) is 0 Å². The first-order valence-corrected chi connectivity index (χ1v) is 17.0. The summed E-state index contributed by atoms with van der Waals surface area (Å²) in [4.78, 5) is 52.7. The molecule has 0 saturated carbocycles. The van der Waals surface area contributed by atoms with Crippen LogP contribution < -0.4 is 10.6 Å². The van der Waals surface area contributed by atoms with Crippen molar-refractivity contribution >= 4 is 58.2 Å². The van der Waals surface area contributed by atoms with Crippen molar-refractivity contribution in [1.29, 1.82) is 0 Å². The van der Waals surface area contributed by atoms with E-state index >= 15 is 0 Å². The lowest BCUT2D eigenvalue weighted by atomic mass is 10.2. The van der Waals surface area contributed by atoms with E-state index in [-0.39, 0.29) is 22.8 Å². The van der Waals surface area contributed by atoms with E-state index in [0.29, 0.717) is 21.1 Å². The summed E-state index contributed by atoms with van der Waals surface area (Å²) in [5, 5.41) is 25.8. The highest BCUT2D eigenvalue weighted by Crippen LogP contribution is 2.29. The summed E-state index contributed by atoms with van der Waals surface area (Å²) < 4.78 is 38.3. The Morgan fingerprint density at radius 1 is 0.640 bits per heavy atom. The molecule has 0 saturated heterocycles. The van der Waals surface area contributed by atoms with Gasteiger partial charge in [0.15, 0.2) is 11.4 Å². The van der Waals surface area contributed by atoms with Crippen molar-refractivity contribution in [2.45, 2.75) is 80.4 Å². The molecule has 0 fully saturated rings. The Morgan fingerprint density at radius 3 is 1.20 bits per heavy atom. The number of anilines is 2. The average molecular weight is 737 g/mol. The van der Waals surface area contributed by atoms with Gasteiger partial charge in [0.2, 0.25) is 0 Å². The number of rotatable bonds is 6. The van der Waals surface area contributed by atoms with Crippen molar-refractivity contribution in [3.05, 3.63) is 70.2 Å². The summed E-state index contributed by atoms with van der Waals surface area (Å²) in [6, 6.07) is 8.18. The predicted octanol–water partition coefficient (Wildman–Crippen LogP) is 10.0. The maximum atomic E-state index is 14.1. The van der Waals surface area contributed by atoms with Crippen LogP contribution in [-0.2, 0) is 9.47 Å². The Balaban J connectivity index is 0.000000455. The van der Waals surface area contributed by atoms with E-state index in [0.717, 1.165) is 22.7 Å². The van der Waals surface area contributed by atoms with Gasteiger partial charge >= 0.3 is 24.1 Å². The van der Waals surface area contributed by atoms with E-state index in [1.165, 1.54) is 35.0 Å². The van der Waals surface area contributed by atoms with E-state index < -0.39 is 47.0 Å². The van der Waals surface area contributed by atoms with Crippen LogP contribution in [0, 0.1) is 11.6 Å². The molecule has 2 aromatic heterocycles. The summed E-state index contributed by atoms with van der Waals surface area (Å²) in [6.07, 6.45) is -1.52. The largest absolute Gasteiger partial charge is 0.476 e. The zero-order chi connectivity index (χ0) is 38.4. The zero-order valence-electron chi connectivity index (χ0n) is 29.4. The molecule has 2 heterocycles. The Kier molecular flexibility index (Phi) is 16.6. The monoisotopic (exact) mass is 736 g/mol. The van der Waals surface area contributed by atoms with Crippen molar-refractivity contribution in [3.8, 4) is 21.1 Å². The molecular formula is C34H42F2N4O8S2. The molecule has 0 spiro atoms.